The number of H-pyrrole nitrogens is 1. The lowest BCUT2D eigenvalue weighted by atomic mass is 9.88. The highest BCUT2D eigenvalue weighted by Crippen LogP contribution is 2.39. The number of hydrogen-bond acceptors (Lipinski definition) is 5. The summed E-state index contributed by atoms with van der Waals surface area (Å²) in [6, 6.07) is 17.5. The number of halogens is 2. The lowest BCUT2D eigenvalue weighted by Crippen LogP contribution is -2.31. The molecule has 3 aromatic carbocycles. The minimum absolute atomic E-state index is 0.118. The summed E-state index contributed by atoms with van der Waals surface area (Å²) in [4.78, 5) is 24.1. The maximum atomic E-state index is 14.2. The number of aromatic amines is 1. The third kappa shape index (κ3) is 5.62. The molecule has 0 spiro atoms. The van der Waals surface area contributed by atoms with E-state index in [0.717, 1.165) is 29.8 Å². The number of nitrogens with one attached hydrogen (secondary N) is 1. The fourth-order valence-electron chi connectivity index (χ4n) is 5.67. The van der Waals surface area contributed by atoms with Gasteiger partial charge in [0.15, 0.2) is 5.82 Å². The molecule has 2 aliphatic heterocycles. The number of carbonyl (C=O) groups excluding carboxylic acids is 1. The molecule has 1 unspecified atom stereocenters. The first-order valence-corrected chi connectivity index (χ1v) is 15.5. The predicted octanol–water partition coefficient (Wildman–Crippen LogP) is 6.23. The Bertz CT molecular complexity index is 1500. The van der Waals surface area contributed by atoms with Crippen LogP contribution in [0.3, 0.4) is 0 Å². The minimum atomic E-state index is -0.840. The van der Waals surface area contributed by atoms with Crippen LogP contribution in [-0.4, -0.2) is 61.1 Å². The number of aromatic hydroxyl groups is 1. The van der Waals surface area contributed by atoms with Gasteiger partial charge in [-0.3, -0.25) is 9.89 Å². The monoisotopic (exact) mass is 653 g/mol. The molecule has 3 heterocycles. The first-order chi connectivity index (χ1) is 19.4. The van der Waals surface area contributed by atoms with Crippen LogP contribution < -0.4 is 0 Å². The van der Waals surface area contributed by atoms with Crippen molar-refractivity contribution in [1.82, 2.24) is 25.0 Å². The SMILES string of the molecule is CI.Cc1nc(C(c2cc(F)ccc2O)N2Cc3ccc(-c4ccc(C5CCN(C)CC5)cc4)cc3C2=O)n[nH]1. The zero-order chi connectivity index (χ0) is 28.4. The summed E-state index contributed by atoms with van der Waals surface area (Å²) in [5.74, 6) is 0.621. The van der Waals surface area contributed by atoms with Gasteiger partial charge in [0.1, 0.15) is 23.4 Å². The molecule has 7 nitrogen and oxygen atoms in total. The first-order valence-electron chi connectivity index (χ1n) is 13.4. The van der Waals surface area contributed by atoms with Crippen molar-refractivity contribution in [3.63, 3.8) is 0 Å². The Morgan fingerprint density at radius 1 is 1.02 bits per heavy atom. The first kappa shape index (κ1) is 28.2. The van der Waals surface area contributed by atoms with Crippen molar-refractivity contribution < 1.29 is 14.3 Å². The molecule has 0 saturated carbocycles. The normalized spacial score (nSPS) is 16.4. The largest absolute Gasteiger partial charge is 0.508 e. The molecule has 0 aliphatic carbocycles. The van der Waals surface area contributed by atoms with Crippen LogP contribution in [0.1, 0.15) is 63.5 Å². The molecule has 9 heteroatoms. The Labute approximate surface area is 247 Å². The van der Waals surface area contributed by atoms with Gasteiger partial charge < -0.3 is 14.9 Å². The highest BCUT2D eigenvalue weighted by Gasteiger charge is 2.38. The van der Waals surface area contributed by atoms with Crippen LogP contribution in [0, 0.1) is 12.7 Å². The Hall–Kier alpha value is -3.31. The van der Waals surface area contributed by atoms with Gasteiger partial charge in [-0.05, 0) is 97.3 Å². The van der Waals surface area contributed by atoms with E-state index in [2.05, 4.69) is 74.0 Å². The van der Waals surface area contributed by atoms with Gasteiger partial charge in [-0.25, -0.2) is 9.37 Å². The topological polar surface area (TPSA) is 85.3 Å². The molecule has 1 aromatic heterocycles. The number of fused-ring (bicyclic) bond motifs is 1. The molecule has 0 bridgehead atoms. The second-order valence-electron chi connectivity index (χ2n) is 10.4. The lowest BCUT2D eigenvalue weighted by molar-refractivity contribution is 0.0723. The van der Waals surface area contributed by atoms with E-state index in [1.165, 1.54) is 36.6 Å². The number of aryl methyl sites for hydroxylation is 1. The molecule has 1 amide bonds. The Morgan fingerprint density at radius 2 is 1.73 bits per heavy atom. The van der Waals surface area contributed by atoms with Gasteiger partial charge in [0, 0.05) is 17.7 Å². The van der Waals surface area contributed by atoms with Crippen LogP contribution >= 0.6 is 22.6 Å². The number of carbonyl (C=O) groups is 1. The second kappa shape index (κ2) is 12.1. The van der Waals surface area contributed by atoms with Crippen LogP contribution in [0.5, 0.6) is 5.75 Å². The molecular formula is C31H33FIN5O2. The van der Waals surface area contributed by atoms with Gasteiger partial charge in [-0.1, -0.05) is 59.0 Å². The molecule has 0 radical (unpaired) electrons. The maximum absolute atomic E-state index is 14.2. The van der Waals surface area contributed by atoms with E-state index in [4.69, 9.17) is 0 Å². The van der Waals surface area contributed by atoms with Crippen molar-refractivity contribution in [2.45, 2.75) is 38.3 Å². The number of aromatic nitrogens is 3. The summed E-state index contributed by atoms with van der Waals surface area (Å²) in [5.41, 5.74) is 5.09. The smallest absolute Gasteiger partial charge is 0.255 e. The summed E-state index contributed by atoms with van der Waals surface area (Å²) >= 11 is 2.15. The molecule has 2 N–H and O–H groups in total. The van der Waals surface area contributed by atoms with Crippen molar-refractivity contribution >= 4 is 28.5 Å². The van der Waals surface area contributed by atoms with E-state index in [1.54, 1.807) is 11.8 Å². The van der Waals surface area contributed by atoms with Crippen molar-refractivity contribution in [2.24, 2.45) is 0 Å². The Kier molecular flexibility index (Phi) is 8.51. The summed E-state index contributed by atoms with van der Waals surface area (Å²) in [5, 5.41) is 17.6. The number of phenolic OH excluding ortho intramolecular Hbond substituents is 1. The molecule has 6 rings (SSSR count). The quantitative estimate of drug-likeness (QED) is 0.197. The second-order valence-corrected chi connectivity index (χ2v) is 10.4. The number of phenols is 1. The van der Waals surface area contributed by atoms with Gasteiger partial charge >= 0.3 is 0 Å². The number of hydrogen-bond donors (Lipinski definition) is 2. The molecular weight excluding hydrogens is 620 g/mol. The maximum Gasteiger partial charge on any atom is 0.255 e. The Balaban J connectivity index is 0.00000158. The van der Waals surface area contributed by atoms with Gasteiger partial charge in [0.05, 0.1) is 0 Å². The van der Waals surface area contributed by atoms with Gasteiger partial charge in [-0.15, -0.1) is 0 Å². The molecule has 1 saturated heterocycles. The van der Waals surface area contributed by atoms with Crippen molar-refractivity contribution in [2.75, 3.05) is 25.1 Å². The molecule has 1 fully saturated rings. The zero-order valence-corrected chi connectivity index (χ0v) is 25.0. The van der Waals surface area contributed by atoms with Crippen molar-refractivity contribution in [1.29, 1.82) is 0 Å². The molecule has 2 aliphatic rings. The number of alkyl halides is 1. The lowest BCUT2D eigenvalue weighted by Gasteiger charge is -2.29. The summed E-state index contributed by atoms with van der Waals surface area (Å²) in [7, 11) is 2.17. The molecule has 40 heavy (non-hydrogen) atoms. The van der Waals surface area contributed by atoms with Gasteiger partial charge in [0.2, 0.25) is 0 Å². The van der Waals surface area contributed by atoms with E-state index in [9.17, 15) is 14.3 Å². The van der Waals surface area contributed by atoms with Gasteiger partial charge in [0.25, 0.3) is 5.91 Å². The zero-order valence-electron chi connectivity index (χ0n) is 22.9. The van der Waals surface area contributed by atoms with Crippen molar-refractivity contribution in [3.8, 4) is 16.9 Å². The van der Waals surface area contributed by atoms with E-state index < -0.39 is 11.9 Å². The van der Waals surface area contributed by atoms with E-state index in [1.807, 2.05) is 23.1 Å². The summed E-state index contributed by atoms with van der Waals surface area (Å²) in [6.45, 7) is 4.30. The third-order valence-electron chi connectivity index (χ3n) is 7.83. The number of amides is 1. The standard InChI is InChI=1S/C30H30FN5O2.CH3I/c1-18-32-29(34-33-18)28(26-16-24(31)9-10-27(26)37)36-17-23-8-7-22(15-25(23)30(36)38)20-5-3-19(4-6-20)21-11-13-35(2)14-12-21;1-2/h3-10,15-16,21,28,37H,11-14,17H2,1-2H3,(H,32,33,34);1H3. The molecule has 1 atom stereocenters. The highest BCUT2D eigenvalue weighted by atomic mass is 127. The molecule has 208 valence electrons. The summed E-state index contributed by atoms with van der Waals surface area (Å²) in [6.07, 6.45) is 2.34. The number of piperidine rings is 1. The van der Waals surface area contributed by atoms with E-state index in [0.29, 0.717) is 29.7 Å². The predicted molar refractivity (Wildman–Crippen MR) is 162 cm³/mol. The Morgan fingerprint density at radius 3 is 2.40 bits per heavy atom. The van der Waals surface area contributed by atoms with E-state index in [-0.39, 0.29) is 17.2 Å². The van der Waals surface area contributed by atoms with Crippen LogP contribution in [0.15, 0.2) is 60.7 Å². The number of likely N-dealkylation sites (tertiary alicyclic amines) is 1. The fraction of sp³-hybridized carbons (Fsp3) is 0.323. The average Bonchev–Trinajstić information content (AvgIpc) is 3.55. The molecule has 4 aromatic rings. The number of benzene rings is 3. The van der Waals surface area contributed by atoms with Gasteiger partial charge in [-0.2, -0.15) is 5.10 Å². The highest BCUT2D eigenvalue weighted by molar-refractivity contribution is 14.1. The fourth-order valence-corrected chi connectivity index (χ4v) is 5.67. The number of nitrogens with zero attached hydrogens (tertiary/aromatic N) is 4. The summed E-state index contributed by atoms with van der Waals surface area (Å²) < 4.78 is 14.2. The third-order valence-corrected chi connectivity index (χ3v) is 7.83. The minimum Gasteiger partial charge on any atom is -0.508 e. The number of rotatable bonds is 5. The van der Waals surface area contributed by atoms with E-state index >= 15 is 0 Å². The van der Waals surface area contributed by atoms with Crippen molar-refractivity contribution in [3.05, 3.63) is 100 Å². The average molecular weight is 654 g/mol. The van der Waals surface area contributed by atoms with Crippen LogP contribution in [-0.2, 0) is 6.54 Å². The van der Waals surface area contributed by atoms with Crippen LogP contribution in [0.4, 0.5) is 4.39 Å². The van der Waals surface area contributed by atoms with Crippen LogP contribution in [0.2, 0.25) is 0 Å². The van der Waals surface area contributed by atoms with Crippen LogP contribution in [0.25, 0.3) is 11.1 Å².